The quantitative estimate of drug-likeness (QED) is 0.798. The minimum atomic E-state index is 0.311. The average Bonchev–Trinajstić information content (AvgIpc) is 2.81. The van der Waals surface area contributed by atoms with Crippen LogP contribution < -0.4 is 10.6 Å². The van der Waals surface area contributed by atoms with Crippen molar-refractivity contribution in [3.8, 4) is 0 Å². The molecular weight excluding hydrogens is 216 g/mol. The van der Waals surface area contributed by atoms with Gasteiger partial charge in [-0.05, 0) is 24.9 Å². The Kier molecular flexibility index (Phi) is 3.20. The molecule has 1 aromatic heterocycles. The highest BCUT2D eigenvalue weighted by molar-refractivity contribution is 5.22. The lowest BCUT2D eigenvalue weighted by Gasteiger charge is -2.27. The third-order valence-electron chi connectivity index (χ3n) is 3.70. The molecule has 3 rings (SSSR count). The van der Waals surface area contributed by atoms with E-state index in [0.717, 1.165) is 26.2 Å². The van der Waals surface area contributed by atoms with Crippen LogP contribution in [0.5, 0.6) is 0 Å². The van der Waals surface area contributed by atoms with Gasteiger partial charge < -0.3 is 15.4 Å². The highest BCUT2D eigenvalue weighted by Gasteiger charge is 2.38. The highest BCUT2D eigenvalue weighted by Crippen LogP contribution is 2.31. The summed E-state index contributed by atoms with van der Waals surface area (Å²) < 4.78 is 5.86. The third-order valence-corrected chi connectivity index (χ3v) is 3.70. The van der Waals surface area contributed by atoms with E-state index in [0.29, 0.717) is 23.9 Å². The normalized spacial score (nSPS) is 32.1. The molecule has 3 atom stereocenters. The summed E-state index contributed by atoms with van der Waals surface area (Å²) in [5, 5.41) is 6.68. The Balaban J connectivity index is 1.55. The first-order chi connectivity index (χ1) is 8.43. The van der Waals surface area contributed by atoms with Gasteiger partial charge >= 0.3 is 0 Å². The summed E-state index contributed by atoms with van der Waals surface area (Å²) in [6.45, 7) is 3.91. The Bertz CT molecular complexity index is 359. The fourth-order valence-corrected chi connectivity index (χ4v) is 2.78. The molecule has 0 aromatic carbocycles. The van der Waals surface area contributed by atoms with Crippen LogP contribution in [0.1, 0.15) is 6.42 Å². The van der Waals surface area contributed by atoms with Crippen LogP contribution in [0, 0.1) is 11.8 Å². The van der Waals surface area contributed by atoms with Crippen LogP contribution >= 0.6 is 0 Å². The van der Waals surface area contributed by atoms with Crippen molar-refractivity contribution in [2.24, 2.45) is 11.8 Å². The number of ether oxygens (including phenoxy) is 1. The summed E-state index contributed by atoms with van der Waals surface area (Å²) in [4.78, 5) is 8.31. The van der Waals surface area contributed by atoms with Crippen molar-refractivity contribution in [1.29, 1.82) is 0 Å². The molecule has 92 valence electrons. The Hall–Kier alpha value is -1.20. The first kappa shape index (κ1) is 10.9. The maximum atomic E-state index is 5.86. The highest BCUT2D eigenvalue weighted by atomic mass is 16.5. The molecule has 0 radical (unpaired) electrons. The SMILES string of the molecule is c1cnc(NC[C@@H]2OC[C@@H]3CNCC[C@@H]32)nc1. The van der Waals surface area contributed by atoms with Crippen LogP contribution in [0.4, 0.5) is 5.95 Å². The molecule has 2 N–H and O–H groups in total. The standard InChI is InChI=1S/C12H18N4O/c1-3-14-12(15-4-1)16-7-11-10-2-5-13-6-9(10)8-17-11/h1,3-4,9-11,13H,2,5-8H2,(H,14,15,16)/t9-,10-,11-/m0/s1. The first-order valence-corrected chi connectivity index (χ1v) is 6.26. The fourth-order valence-electron chi connectivity index (χ4n) is 2.78. The van der Waals surface area contributed by atoms with Crippen molar-refractivity contribution in [2.45, 2.75) is 12.5 Å². The number of piperidine rings is 1. The van der Waals surface area contributed by atoms with Gasteiger partial charge in [-0.1, -0.05) is 0 Å². The summed E-state index contributed by atoms with van der Waals surface area (Å²) in [5.41, 5.74) is 0. The molecule has 2 fully saturated rings. The topological polar surface area (TPSA) is 59.1 Å². The molecule has 0 unspecified atom stereocenters. The molecule has 2 aliphatic rings. The Morgan fingerprint density at radius 2 is 2.29 bits per heavy atom. The van der Waals surface area contributed by atoms with Gasteiger partial charge in [-0.2, -0.15) is 0 Å². The summed E-state index contributed by atoms with van der Waals surface area (Å²) >= 11 is 0. The maximum Gasteiger partial charge on any atom is 0.222 e. The number of anilines is 1. The zero-order valence-corrected chi connectivity index (χ0v) is 9.80. The van der Waals surface area contributed by atoms with Gasteiger partial charge in [-0.15, -0.1) is 0 Å². The predicted octanol–water partition coefficient (Wildman–Crippen LogP) is 0.513. The van der Waals surface area contributed by atoms with Gasteiger partial charge in [0.25, 0.3) is 0 Å². The molecule has 0 amide bonds. The van der Waals surface area contributed by atoms with Crippen molar-refractivity contribution >= 4 is 5.95 Å². The second kappa shape index (κ2) is 4.98. The monoisotopic (exact) mass is 234 g/mol. The summed E-state index contributed by atoms with van der Waals surface area (Å²) in [5.74, 6) is 2.06. The predicted molar refractivity (Wildman–Crippen MR) is 64.7 cm³/mol. The number of fused-ring (bicyclic) bond motifs is 1. The maximum absolute atomic E-state index is 5.86. The molecule has 2 aliphatic heterocycles. The largest absolute Gasteiger partial charge is 0.376 e. The second-order valence-corrected chi connectivity index (χ2v) is 4.74. The number of rotatable bonds is 3. The molecule has 0 bridgehead atoms. The minimum absolute atomic E-state index is 0.311. The van der Waals surface area contributed by atoms with E-state index >= 15 is 0 Å². The van der Waals surface area contributed by atoms with Crippen molar-refractivity contribution in [1.82, 2.24) is 15.3 Å². The molecule has 5 nitrogen and oxygen atoms in total. The van der Waals surface area contributed by atoms with Gasteiger partial charge in [-0.25, -0.2) is 9.97 Å². The van der Waals surface area contributed by atoms with Crippen molar-refractivity contribution in [3.63, 3.8) is 0 Å². The van der Waals surface area contributed by atoms with Gasteiger partial charge in [0.05, 0.1) is 12.7 Å². The molecular formula is C12H18N4O. The summed E-state index contributed by atoms with van der Waals surface area (Å²) in [7, 11) is 0. The fraction of sp³-hybridized carbons (Fsp3) is 0.667. The van der Waals surface area contributed by atoms with Crippen LogP contribution in [0.3, 0.4) is 0 Å². The first-order valence-electron chi connectivity index (χ1n) is 6.26. The van der Waals surface area contributed by atoms with E-state index < -0.39 is 0 Å². The number of aromatic nitrogens is 2. The molecule has 3 heterocycles. The minimum Gasteiger partial charge on any atom is -0.376 e. The van der Waals surface area contributed by atoms with E-state index in [1.165, 1.54) is 6.42 Å². The van der Waals surface area contributed by atoms with Gasteiger partial charge in [-0.3, -0.25) is 0 Å². The van der Waals surface area contributed by atoms with E-state index in [-0.39, 0.29) is 0 Å². The number of nitrogens with one attached hydrogen (secondary N) is 2. The smallest absolute Gasteiger partial charge is 0.222 e. The third kappa shape index (κ3) is 2.40. The van der Waals surface area contributed by atoms with Crippen molar-refractivity contribution in [3.05, 3.63) is 18.5 Å². The van der Waals surface area contributed by atoms with Gasteiger partial charge in [0.2, 0.25) is 5.95 Å². The summed E-state index contributed by atoms with van der Waals surface area (Å²) in [6, 6.07) is 1.82. The zero-order chi connectivity index (χ0) is 11.5. The molecule has 0 aliphatic carbocycles. The van der Waals surface area contributed by atoms with Crippen LogP contribution in [0.25, 0.3) is 0 Å². The lowest BCUT2D eigenvalue weighted by molar-refractivity contribution is 0.0989. The van der Waals surface area contributed by atoms with Crippen LogP contribution in [-0.4, -0.2) is 42.3 Å². The molecule has 0 spiro atoms. The number of nitrogens with zero attached hydrogens (tertiary/aromatic N) is 2. The van der Waals surface area contributed by atoms with Gasteiger partial charge in [0.15, 0.2) is 0 Å². The molecule has 1 aromatic rings. The Morgan fingerprint density at radius 1 is 1.41 bits per heavy atom. The average molecular weight is 234 g/mol. The van der Waals surface area contributed by atoms with E-state index in [9.17, 15) is 0 Å². The summed E-state index contributed by atoms with van der Waals surface area (Å²) in [6.07, 6.45) is 5.02. The molecule has 2 saturated heterocycles. The van der Waals surface area contributed by atoms with Gasteiger partial charge in [0, 0.05) is 31.4 Å². The Labute approximate surface area is 101 Å². The second-order valence-electron chi connectivity index (χ2n) is 4.74. The van der Waals surface area contributed by atoms with Gasteiger partial charge in [0.1, 0.15) is 0 Å². The number of hydrogen-bond donors (Lipinski definition) is 2. The Morgan fingerprint density at radius 3 is 3.18 bits per heavy atom. The van der Waals surface area contributed by atoms with Crippen molar-refractivity contribution < 1.29 is 4.74 Å². The lowest BCUT2D eigenvalue weighted by Crippen LogP contribution is -2.39. The van der Waals surface area contributed by atoms with Crippen molar-refractivity contribution in [2.75, 3.05) is 31.6 Å². The lowest BCUT2D eigenvalue weighted by atomic mass is 9.85. The molecule has 5 heteroatoms. The number of hydrogen-bond acceptors (Lipinski definition) is 5. The van der Waals surface area contributed by atoms with E-state index in [2.05, 4.69) is 20.6 Å². The van der Waals surface area contributed by atoms with E-state index in [4.69, 9.17) is 4.74 Å². The van der Waals surface area contributed by atoms with E-state index in [1.807, 2.05) is 6.07 Å². The zero-order valence-electron chi connectivity index (χ0n) is 9.80. The molecule has 0 saturated carbocycles. The van der Waals surface area contributed by atoms with Crippen LogP contribution in [0.15, 0.2) is 18.5 Å². The molecule has 17 heavy (non-hydrogen) atoms. The van der Waals surface area contributed by atoms with Crippen LogP contribution in [-0.2, 0) is 4.74 Å². The van der Waals surface area contributed by atoms with E-state index in [1.54, 1.807) is 12.4 Å². The van der Waals surface area contributed by atoms with Crippen LogP contribution in [0.2, 0.25) is 0 Å².